The Morgan fingerprint density at radius 3 is 2.50 bits per heavy atom. The first-order valence-corrected chi connectivity index (χ1v) is 4.83. The van der Waals surface area contributed by atoms with Crippen LogP contribution in [0.15, 0.2) is 10.5 Å². The lowest BCUT2D eigenvalue weighted by Gasteiger charge is -2.08. The molecular weight excluding hydrogens is 261 g/mol. The molecule has 0 aliphatic rings. The smallest absolute Gasteiger partial charge is 0.192 e. The first kappa shape index (κ1) is 11.4. The summed E-state index contributed by atoms with van der Waals surface area (Å²) in [6.07, 6.45) is 0.619. The van der Waals surface area contributed by atoms with E-state index in [4.69, 9.17) is 4.74 Å². The quantitative estimate of drug-likeness (QED) is 0.601. The molecule has 0 radical (unpaired) electrons. The summed E-state index contributed by atoms with van der Waals surface area (Å²) in [5.41, 5.74) is 0. The minimum Gasteiger partial charge on any atom is -0.488 e. The minimum absolute atomic E-state index is 0.186. The fourth-order valence-corrected chi connectivity index (χ4v) is 1.18. The van der Waals surface area contributed by atoms with Crippen molar-refractivity contribution in [3.63, 3.8) is 0 Å². The van der Waals surface area contributed by atoms with Gasteiger partial charge in [-0.05, 0) is 22.4 Å². The van der Waals surface area contributed by atoms with Gasteiger partial charge in [-0.15, -0.1) is 0 Å². The first-order chi connectivity index (χ1) is 6.57. The first-order valence-electron chi connectivity index (χ1n) is 4.03. The predicted octanol–water partition coefficient (Wildman–Crippen LogP) is 3.66. The van der Waals surface area contributed by atoms with Gasteiger partial charge in [0.15, 0.2) is 17.4 Å². The Labute approximate surface area is 88.0 Å². The average molecular weight is 269 g/mol. The third-order valence-corrected chi connectivity index (χ3v) is 2.25. The van der Waals surface area contributed by atoms with E-state index >= 15 is 0 Å². The van der Waals surface area contributed by atoms with Crippen LogP contribution < -0.4 is 4.74 Å². The Morgan fingerprint density at radius 2 is 1.93 bits per heavy atom. The Hall–Kier alpha value is -0.710. The average Bonchev–Trinajstić information content (AvgIpc) is 2.14. The molecule has 1 rings (SSSR count). The van der Waals surface area contributed by atoms with E-state index in [9.17, 15) is 13.2 Å². The Morgan fingerprint density at radius 1 is 1.29 bits per heavy atom. The molecule has 0 spiro atoms. The van der Waals surface area contributed by atoms with Gasteiger partial charge in [-0.3, -0.25) is 0 Å². The molecule has 1 aromatic carbocycles. The zero-order valence-corrected chi connectivity index (χ0v) is 9.00. The molecule has 0 saturated carbocycles. The molecule has 0 N–H and O–H groups in total. The number of benzene rings is 1. The lowest BCUT2D eigenvalue weighted by Crippen LogP contribution is -2.02. The lowest BCUT2D eigenvalue weighted by molar-refractivity contribution is 0.282. The largest absolute Gasteiger partial charge is 0.488 e. The highest BCUT2D eigenvalue weighted by atomic mass is 79.9. The third kappa shape index (κ3) is 2.20. The van der Waals surface area contributed by atoms with Gasteiger partial charge in [0.1, 0.15) is 5.82 Å². The van der Waals surface area contributed by atoms with Gasteiger partial charge in [-0.25, -0.2) is 13.2 Å². The molecule has 14 heavy (non-hydrogen) atoms. The highest BCUT2D eigenvalue weighted by Crippen LogP contribution is 2.30. The van der Waals surface area contributed by atoms with Gasteiger partial charge in [0, 0.05) is 6.07 Å². The molecule has 0 aromatic heterocycles. The summed E-state index contributed by atoms with van der Waals surface area (Å²) in [5.74, 6) is -3.60. The molecule has 5 heteroatoms. The van der Waals surface area contributed by atoms with Crippen molar-refractivity contribution in [3.05, 3.63) is 28.0 Å². The molecule has 0 heterocycles. The van der Waals surface area contributed by atoms with Crippen LogP contribution in [0.2, 0.25) is 0 Å². The maximum atomic E-state index is 13.2. The molecule has 0 aliphatic carbocycles. The zero-order chi connectivity index (χ0) is 10.7. The van der Waals surface area contributed by atoms with E-state index in [1.54, 1.807) is 6.92 Å². The van der Waals surface area contributed by atoms with E-state index in [1.165, 1.54) is 0 Å². The van der Waals surface area contributed by atoms with Crippen molar-refractivity contribution in [1.29, 1.82) is 0 Å². The third-order valence-electron chi connectivity index (χ3n) is 1.52. The van der Waals surface area contributed by atoms with Crippen molar-refractivity contribution in [2.24, 2.45) is 0 Å². The molecule has 0 aliphatic heterocycles. The molecule has 0 fully saturated rings. The summed E-state index contributed by atoms with van der Waals surface area (Å²) < 4.78 is 43.3. The standard InChI is InChI=1S/C9H8BrF3O/c1-2-3-14-9-6(12)4-5(11)7(10)8(9)13/h4H,2-3H2,1H3. The van der Waals surface area contributed by atoms with Crippen molar-refractivity contribution in [2.45, 2.75) is 13.3 Å². The molecule has 1 aromatic rings. The van der Waals surface area contributed by atoms with Gasteiger partial charge < -0.3 is 4.74 Å². The molecule has 0 bridgehead atoms. The summed E-state index contributed by atoms with van der Waals surface area (Å²) >= 11 is 2.66. The highest BCUT2D eigenvalue weighted by Gasteiger charge is 2.18. The molecule has 0 unspecified atom stereocenters. The van der Waals surface area contributed by atoms with Crippen molar-refractivity contribution in [1.82, 2.24) is 0 Å². The number of ether oxygens (including phenoxy) is 1. The van der Waals surface area contributed by atoms with Crippen LogP contribution in [0.4, 0.5) is 13.2 Å². The van der Waals surface area contributed by atoms with E-state index < -0.39 is 27.7 Å². The summed E-state index contributed by atoms with van der Waals surface area (Å²) in [4.78, 5) is 0. The van der Waals surface area contributed by atoms with Gasteiger partial charge in [0.2, 0.25) is 0 Å². The van der Waals surface area contributed by atoms with Crippen molar-refractivity contribution in [2.75, 3.05) is 6.61 Å². The van der Waals surface area contributed by atoms with Gasteiger partial charge in [0.25, 0.3) is 0 Å². The van der Waals surface area contributed by atoms with Crippen LogP contribution in [0, 0.1) is 17.5 Å². The number of hydrogen-bond donors (Lipinski definition) is 0. The van der Waals surface area contributed by atoms with E-state index in [0.717, 1.165) is 0 Å². The van der Waals surface area contributed by atoms with Crippen LogP contribution in [0.1, 0.15) is 13.3 Å². The molecule has 1 nitrogen and oxygen atoms in total. The summed E-state index contributed by atoms with van der Waals surface area (Å²) in [6, 6.07) is 0.582. The fraction of sp³-hybridized carbons (Fsp3) is 0.333. The summed E-state index contributed by atoms with van der Waals surface area (Å²) in [7, 11) is 0. The Balaban J connectivity index is 3.09. The Bertz CT molecular complexity index is 341. The van der Waals surface area contributed by atoms with Crippen molar-refractivity contribution < 1.29 is 17.9 Å². The molecule has 0 saturated heterocycles. The van der Waals surface area contributed by atoms with Crippen LogP contribution in [0.25, 0.3) is 0 Å². The van der Waals surface area contributed by atoms with Crippen LogP contribution in [0.5, 0.6) is 5.75 Å². The normalized spacial score (nSPS) is 10.4. The second kappa shape index (κ2) is 4.68. The zero-order valence-electron chi connectivity index (χ0n) is 7.41. The van der Waals surface area contributed by atoms with E-state index in [2.05, 4.69) is 15.9 Å². The fourth-order valence-electron chi connectivity index (χ4n) is 0.886. The van der Waals surface area contributed by atoms with Crippen LogP contribution in [-0.4, -0.2) is 6.61 Å². The monoisotopic (exact) mass is 268 g/mol. The SMILES string of the molecule is CCCOc1c(F)cc(F)c(Br)c1F. The summed E-state index contributed by atoms with van der Waals surface area (Å²) in [5, 5.41) is 0. The highest BCUT2D eigenvalue weighted by molar-refractivity contribution is 9.10. The minimum atomic E-state index is -1.05. The second-order valence-corrected chi connectivity index (χ2v) is 3.44. The topological polar surface area (TPSA) is 9.23 Å². The van der Waals surface area contributed by atoms with Crippen LogP contribution in [0.3, 0.4) is 0 Å². The van der Waals surface area contributed by atoms with Crippen LogP contribution >= 0.6 is 15.9 Å². The van der Waals surface area contributed by atoms with Gasteiger partial charge in [0.05, 0.1) is 11.1 Å². The molecule has 0 amide bonds. The predicted molar refractivity (Wildman–Crippen MR) is 49.8 cm³/mol. The molecule has 78 valence electrons. The van der Waals surface area contributed by atoms with E-state index in [-0.39, 0.29) is 6.61 Å². The van der Waals surface area contributed by atoms with Gasteiger partial charge in [-0.2, -0.15) is 0 Å². The number of halogens is 4. The van der Waals surface area contributed by atoms with Crippen molar-refractivity contribution >= 4 is 15.9 Å². The Kier molecular flexibility index (Phi) is 3.80. The maximum Gasteiger partial charge on any atom is 0.192 e. The number of rotatable bonds is 3. The second-order valence-electron chi connectivity index (χ2n) is 2.65. The van der Waals surface area contributed by atoms with E-state index in [1.807, 2.05) is 0 Å². The van der Waals surface area contributed by atoms with Gasteiger partial charge in [-0.1, -0.05) is 6.92 Å². The van der Waals surface area contributed by atoms with Crippen LogP contribution in [-0.2, 0) is 0 Å². The van der Waals surface area contributed by atoms with Crippen molar-refractivity contribution in [3.8, 4) is 5.75 Å². The van der Waals surface area contributed by atoms with Gasteiger partial charge >= 0.3 is 0 Å². The van der Waals surface area contributed by atoms with E-state index in [0.29, 0.717) is 12.5 Å². The number of hydrogen-bond acceptors (Lipinski definition) is 1. The summed E-state index contributed by atoms with van der Waals surface area (Å²) in [6.45, 7) is 1.99. The molecular formula is C9H8BrF3O. The maximum absolute atomic E-state index is 13.2. The molecule has 0 atom stereocenters. The lowest BCUT2D eigenvalue weighted by atomic mass is 10.3.